The van der Waals surface area contributed by atoms with E-state index >= 15 is 0 Å². The Morgan fingerprint density at radius 1 is 1.10 bits per heavy atom. The Kier molecular flexibility index (Phi) is 7.46. The van der Waals surface area contributed by atoms with Crippen LogP contribution in [0.1, 0.15) is 31.9 Å². The highest BCUT2D eigenvalue weighted by molar-refractivity contribution is 5.88. The van der Waals surface area contributed by atoms with Crippen LogP contribution in [0.4, 0.5) is 0 Å². The van der Waals surface area contributed by atoms with Crippen LogP contribution >= 0.6 is 0 Å². The van der Waals surface area contributed by atoms with E-state index in [-0.39, 0.29) is 17.7 Å². The van der Waals surface area contributed by atoms with Crippen molar-refractivity contribution >= 4 is 11.8 Å². The van der Waals surface area contributed by atoms with Gasteiger partial charge in [-0.2, -0.15) is 0 Å². The Hall–Kier alpha value is -1.88. The number of nitrogens with one attached hydrogen (secondary N) is 3. The highest BCUT2D eigenvalue weighted by Gasteiger charge is 2.22. The van der Waals surface area contributed by atoms with Crippen LogP contribution in [0.5, 0.6) is 0 Å². The van der Waals surface area contributed by atoms with Gasteiger partial charge in [-0.15, -0.1) is 0 Å². The first kappa shape index (κ1) is 17.2. The van der Waals surface area contributed by atoms with Crippen molar-refractivity contribution in [1.82, 2.24) is 16.0 Å². The van der Waals surface area contributed by atoms with E-state index in [9.17, 15) is 9.59 Å². The molecule has 1 unspecified atom stereocenters. The van der Waals surface area contributed by atoms with Crippen LogP contribution in [-0.4, -0.2) is 32.0 Å². The van der Waals surface area contributed by atoms with Gasteiger partial charge >= 0.3 is 0 Å². The Labute approximate surface area is 126 Å². The van der Waals surface area contributed by atoms with Gasteiger partial charge in [0.15, 0.2) is 0 Å². The molecule has 0 aromatic heterocycles. The van der Waals surface area contributed by atoms with Gasteiger partial charge in [-0.1, -0.05) is 44.2 Å². The zero-order chi connectivity index (χ0) is 15.7. The topological polar surface area (TPSA) is 70.2 Å². The lowest BCUT2D eigenvalue weighted by Gasteiger charge is -2.19. The standard InChI is InChI=1S/C16H25N3O2/c1-12(2)11-14(20)19-15(13-7-5-4-6-8-13)16(21)18-10-9-17-3/h4-8,12,15,17H,9-11H2,1-3H3,(H,18,21)(H,19,20). The molecule has 0 aliphatic heterocycles. The number of carbonyl (C=O) groups excluding carboxylic acids is 2. The highest BCUT2D eigenvalue weighted by atomic mass is 16.2. The largest absolute Gasteiger partial charge is 0.353 e. The van der Waals surface area contributed by atoms with Crippen molar-refractivity contribution < 1.29 is 9.59 Å². The van der Waals surface area contributed by atoms with Gasteiger partial charge in [-0.25, -0.2) is 0 Å². The molecule has 1 atom stereocenters. The van der Waals surface area contributed by atoms with Gasteiger partial charge in [0.25, 0.3) is 0 Å². The molecule has 21 heavy (non-hydrogen) atoms. The second kappa shape index (κ2) is 9.13. The lowest BCUT2D eigenvalue weighted by molar-refractivity contribution is -0.129. The number of rotatable bonds is 8. The fourth-order valence-electron chi connectivity index (χ4n) is 1.95. The minimum atomic E-state index is -0.644. The van der Waals surface area contributed by atoms with Crippen molar-refractivity contribution in [2.24, 2.45) is 5.92 Å². The van der Waals surface area contributed by atoms with Crippen molar-refractivity contribution in [2.75, 3.05) is 20.1 Å². The fourth-order valence-corrected chi connectivity index (χ4v) is 1.95. The monoisotopic (exact) mass is 291 g/mol. The Bertz CT molecular complexity index is 446. The summed E-state index contributed by atoms with van der Waals surface area (Å²) in [6, 6.07) is 8.65. The number of amides is 2. The summed E-state index contributed by atoms with van der Waals surface area (Å²) >= 11 is 0. The third-order valence-corrected chi connectivity index (χ3v) is 2.97. The van der Waals surface area contributed by atoms with Crippen LogP contribution in [0.25, 0.3) is 0 Å². The van der Waals surface area contributed by atoms with Crippen molar-refractivity contribution in [3.63, 3.8) is 0 Å². The number of benzene rings is 1. The first-order chi connectivity index (χ1) is 10.0. The van der Waals surface area contributed by atoms with E-state index in [1.807, 2.05) is 51.2 Å². The van der Waals surface area contributed by atoms with Gasteiger partial charge in [0.05, 0.1) is 0 Å². The van der Waals surface area contributed by atoms with Crippen LogP contribution in [0, 0.1) is 5.92 Å². The van der Waals surface area contributed by atoms with Crippen LogP contribution in [0.15, 0.2) is 30.3 Å². The van der Waals surface area contributed by atoms with Crippen molar-refractivity contribution in [3.8, 4) is 0 Å². The van der Waals surface area contributed by atoms with E-state index in [0.717, 1.165) is 5.56 Å². The van der Waals surface area contributed by atoms with E-state index in [2.05, 4.69) is 16.0 Å². The van der Waals surface area contributed by atoms with E-state index in [1.165, 1.54) is 0 Å². The zero-order valence-corrected chi connectivity index (χ0v) is 13.0. The quantitative estimate of drug-likeness (QED) is 0.631. The maximum atomic E-state index is 12.3. The second-order valence-electron chi connectivity index (χ2n) is 5.40. The summed E-state index contributed by atoms with van der Waals surface area (Å²) in [5, 5.41) is 8.61. The zero-order valence-electron chi connectivity index (χ0n) is 13.0. The maximum Gasteiger partial charge on any atom is 0.247 e. The summed E-state index contributed by atoms with van der Waals surface area (Å²) in [5.74, 6) is -0.0371. The molecule has 1 aromatic rings. The number of hydrogen-bond donors (Lipinski definition) is 3. The second-order valence-corrected chi connectivity index (χ2v) is 5.40. The molecule has 1 aromatic carbocycles. The average molecular weight is 291 g/mol. The molecule has 3 N–H and O–H groups in total. The van der Waals surface area contributed by atoms with Crippen molar-refractivity contribution in [3.05, 3.63) is 35.9 Å². The van der Waals surface area contributed by atoms with Crippen LogP contribution < -0.4 is 16.0 Å². The Morgan fingerprint density at radius 2 is 1.76 bits per heavy atom. The first-order valence-corrected chi connectivity index (χ1v) is 7.31. The van der Waals surface area contributed by atoms with Crippen LogP contribution in [-0.2, 0) is 9.59 Å². The highest BCUT2D eigenvalue weighted by Crippen LogP contribution is 2.13. The molecule has 0 saturated heterocycles. The summed E-state index contributed by atoms with van der Waals surface area (Å²) < 4.78 is 0. The van der Waals surface area contributed by atoms with Crippen LogP contribution in [0.3, 0.4) is 0 Å². The minimum Gasteiger partial charge on any atom is -0.353 e. The van der Waals surface area contributed by atoms with E-state index in [4.69, 9.17) is 0 Å². The van der Waals surface area contributed by atoms with E-state index < -0.39 is 6.04 Å². The maximum absolute atomic E-state index is 12.3. The first-order valence-electron chi connectivity index (χ1n) is 7.31. The third-order valence-electron chi connectivity index (χ3n) is 2.97. The minimum absolute atomic E-state index is 0.109. The molecule has 5 heteroatoms. The molecule has 2 amide bonds. The molecule has 116 valence electrons. The van der Waals surface area contributed by atoms with Gasteiger partial charge < -0.3 is 16.0 Å². The summed E-state index contributed by atoms with van der Waals surface area (Å²) in [7, 11) is 1.82. The smallest absolute Gasteiger partial charge is 0.247 e. The molecular formula is C16H25N3O2. The van der Waals surface area contributed by atoms with Crippen molar-refractivity contribution in [2.45, 2.75) is 26.3 Å². The normalized spacial score (nSPS) is 12.0. The molecule has 0 radical (unpaired) electrons. The van der Waals surface area contributed by atoms with E-state index in [0.29, 0.717) is 19.5 Å². The lowest BCUT2D eigenvalue weighted by Crippen LogP contribution is -2.42. The van der Waals surface area contributed by atoms with Gasteiger partial charge in [0.1, 0.15) is 6.04 Å². The molecule has 0 aliphatic rings. The van der Waals surface area contributed by atoms with Crippen LogP contribution in [0.2, 0.25) is 0 Å². The third kappa shape index (κ3) is 6.40. The van der Waals surface area contributed by atoms with Gasteiger partial charge in [-0.3, -0.25) is 9.59 Å². The molecule has 0 fully saturated rings. The SMILES string of the molecule is CNCCNC(=O)C(NC(=O)CC(C)C)c1ccccc1. The lowest BCUT2D eigenvalue weighted by atomic mass is 10.0. The molecule has 1 rings (SSSR count). The predicted molar refractivity (Wildman–Crippen MR) is 83.7 cm³/mol. The summed E-state index contributed by atoms with van der Waals surface area (Å²) in [5.41, 5.74) is 0.788. The molecule has 0 heterocycles. The molecule has 0 spiro atoms. The number of likely N-dealkylation sites (N-methyl/N-ethyl adjacent to an activating group) is 1. The average Bonchev–Trinajstić information content (AvgIpc) is 2.45. The molecular weight excluding hydrogens is 266 g/mol. The van der Waals surface area contributed by atoms with Crippen molar-refractivity contribution in [1.29, 1.82) is 0 Å². The van der Waals surface area contributed by atoms with Gasteiger partial charge in [0, 0.05) is 19.5 Å². The number of carbonyl (C=O) groups is 2. The Balaban J connectivity index is 2.75. The fraction of sp³-hybridized carbons (Fsp3) is 0.500. The van der Waals surface area contributed by atoms with Gasteiger partial charge in [0.2, 0.25) is 11.8 Å². The molecule has 0 aliphatic carbocycles. The predicted octanol–water partition coefficient (Wildman–Crippen LogP) is 1.23. The molecule has 0 saturated carbocycles. The molecule has 5 nitrogen and oxygen atoms in total. The van der Waals surface area contributed by atoms with Gasteiger partial charge in [-0.05, 0) is 18.5 Å². The number of hydrogen-bond acceptors (Lipinski definition) is 3. The van der Waals surface area contributed by atoms with E-state index in [1.54, 1.807) is 0 Å². The summed E-state index contributed by atoms with van der Waals surface area (Å²) in [6.45, 7) is 5.17. The molecule has 0 bridgehead atoms. The Morgan fingerprint density at radius 3 is 2.33 bits per heavy atom. The summed E-state index contributed by atoms with van der Waals surface area (Å²) in [4.78, 5) is 24.3. The summed E-state index contributed by atoms with van der Waals surface area (Å²) in [6.07, 6.45) is 0.410.